The molecule has 0 heterocycles. The predicted octanol–water partition coefficient (Wildman–Crippen LogP) is 3.29. The van der Waals surface area contributed by atoms with Crippen LogP contribution in [0, 0.1) is 5.82 Å². The molecule has 4 heteroatoms. The first kappa shape index (κ1) is 13.2. The number of benzene rings is 2. The number of methoxy groups -OCH3 is 1. The molecule has 0 aliphatic rings. The Kier molecular flexibility index (Phi) is 4.26. The van der Waals surface area contributed by atoms with Gasteiger partial charge in [-0.05, 0) is 24.3 Å². The van der Waals surface area contributed by atoms with E-state index in [1.807, 2.05) is 0 Å². The predicted molar refractivity (Wildman–Crippen MR) is 69.7 cm³/mol. The molecule has 0 aliphatic heterocycles. The van der Waals surface area contributed by atoms with E-state index >= 15 is 0 Å². The summed E-state index contributed by atoms with van der Waals surface area (Å²) in [5.41, 5.74) is 1.33. The van der Waals surface area contributed by atoms with Crippen LogP contribution in [-0.4, -0.2) is 20.2 Å². The highest BCUT2D eigenvalue weighted by Gasteiger charge is 2.11. The average Bonchev–Trinajstić information content (AvgIpc) is 2.46. The van der Waals surface area contributed by atoms with Crippen LogP contribution in [0.5, 0.6) is 5.75 Å². The SMILES string of the molecule is COCOc1ccccc1-c1cc(C=O)ccc1F. The average molecular weight is 260 g/mol. The third-order valence-electron chi connectivity index (χ3n) is 2.64. The van der Waals surface area contributed by atoms with Crippen molar-refractivity contribution in [2.45, 2.75) is 0 Å². The van der Waals surface area contributed by atoms with Gasteiger partial charge in [0.15, 0.2) is 6.79 Å². The van der Waals surface area contributed by atoms with Crippen molar-refractivity contribution in [3.8, 4) is 16.9 Å². The molecule has 0 amide bonds. The van der Waals surface area contributed by atoms with Crippen molar-refractivity contribution in [1.82, 2.24) is 0 Å². The molecular formula is C15H13FO3. The van der Waals surface area contributed by atoms with E-state index in [9.17, 15) is 9.18 Å². The standard InChI is InChI=1S/C15H13FO3/c1-18-10-19-15-5-3-2-4-12(15)13-8-11(9-17)6-7-14(13)16/h2-9H,10H2,1H3. The van der Waals surface area contributed by atoms with Crippen LogP contribution in [0.25, 0.3) is 11.1 Å². The molecule has 3 nitrogen and oxygen atoms in total. The lowest BCUT2D eigenvalue weighted by Gasteiger charge is -2.11. The molecular weight excluding hydrogens is 247 g/mol. The van der Waals surface area contributed by atoms with Gasteiger partial charge in [0.2, 0.25) is 0 Å². The second-order valence-corrected chi connectivity index (χ2v) is 3.90. The van der Waals surface area contributed by atoms with Gasteiger partial charge < -0.3 is 9.47 Å². The number of hydrogen-bond acceptors (Lipinski definition) is 3. The largest absolute Gasteiger partial charge is 0.467 e. The van der Waals surface area contributed by atoms with E-state index in [0.29, 0.717) is 28.7 Å². The first-order chi connectivity index (χ1) is 9.26. The minimum absolute atomic E-state index is 0.0754. The Bertz CT molecular complexity index is 581. The molecule has 0 bridgehead atoms. The number of hydrogen-bond donors (Lipinski definition) is 0. The van der Waals surface area contributed by atoms with Gasteiger partial charge in [0, 0.05) is 23.8 Å². The van der Waals surface area contributed by atoms with Crippen molar-refractivity contribution >= 4 is 6.29 Å². The fourth-order valence-corrected chi connectivity index (χ4v) is 1.76. The van der Waals surface area contributed by atoms with Crippen molar-refractivity contribution in [1.29, 1.82) is 0 Å². The number of ether oxygens (including phenoxy) is 2. The van der Waals surface area contributed by atoms with Crippen LogP contribution in [-0.2, 0) is 4.74 Å². The molecule has 19 heavy (non-hydrogen) atoms. The monoisotopic (exact) mass is 260 g/mol. The maximum Gasteiger partial charge on any atom is 0.188 e. The van der Waals surface area contributed by atoms with Gasteiger partial charge in [-0.1, -0.05) is 18.2 Å². The summed E-state index contributed by atoms with van der Waals surface area (Å²) >= 11 is 0. The molecule has 2 aromatic rings. The molecule has 0 spiro atoms. The van der Waals surface area contributed by atoms with E-state index in [1.54, 1.807) is 24.3 Å². The number of carbonyl (C=O) groups excluding carboxylic acids is 1. The minimum Gasteiger partial charge on any atom is -0.467 e. The molecule has 0 aliphatic carbocycles. The van der Waals surface area contributed by atoms with Gasteiger partial charge in [-0.3, -0.25) is 4.79 Å². The molecule has 0 radical (unpaired) electrons. The Morgan fingerprint density at radius 3 is 2.68 bits per heavy atom. The smallest absolute Gasteiger partial charge is 0.188 e. The zero-order valence-electron chi connectivity index (χ0n) is 10.4. The second kappa shape index (κ2) is 6.11. The van der Waals surface area contributed by atoms with Crippen molar-refractivity contribution in [3.05, 3.63) is 53.8 Å². The van der Waals surface area contributed by atoms with Crippen molar-refractivity contribution in [3.63, 3.8) is 0 Å². The van der Waals surface area contributed by atoms with Crippen LogP contribution in [0.1, 0.15) is 10.4 Å². The molecule has 0 atom stereocenters. The van der Waals surface area contributed by atoms with E-state index < -0.39 is 5.82 Å². The fourth-order valence-electron chi connectivity index (χ4n) is 1.76. The summed E-state index contributed by atoms with van der Waals surface area (Å²) in [5.74, 6) is 0.102. The molecule has 0 saturated carbocycles. The summed E-state index contributed by atoms with van der Waals surface area (Å²) in [5, 5.41) is 0. The minimum atomic E-state index is -0.404. The van der Waals surface area contributed by atoms with Gasteiger partial charge >= 0.3 is 0 Å². The zero-order chi connectivity index (χ0) is 13.7. The highest BCUT2D eigenvalue weighted by molar-refractivity contribution is 5.80. The molecule has 2 aromatic carbocycles. The first-order valence-corrected chi connectivity index (χ1v) is 5.72. The van der Waals surface area contributed by atoms with Crippen LogP contribution >= 0.6 is 0 Å². The lowest BCUT2D eigenvalue weighted by atomic mass is 10.0. The third-order valence-corrected chi connectivity index (χ3v) is 2.64. The van der Waals surface area contributed by atoms with Crippen molar-refractivity contribution in [2.24, 2.45) is 0 Å². The Labute approximate surface area is 110 Å². The molecule has 98 valence electrons. The topological polar surface area (TPSA) is 35.5 Å². The van der Waals surface area contributed by atoms with E-state index in [0.717, 1.165) is 0 Å². The van der Waals surface area contributed by atoms with E-state index in [-0.39, 0.29) is 6.79 Å². The summed E-state index contributed by atoms with van der Waals surface area (Å²) in [6, 6.07) is 11.2. The summed E-state index contributed by atoms with van der Waals surface area (Å²) in [6.07, 6.45) is 0.682. The lowest BCUT2D eigenvalue weighted by molar-refractivity contribution is 0.0515. The Morgan fingerprint density at radius 2 is 1.95 bits per heavy atom. The van der Waals surface area contributed by atoms with Crippen LogP contribution in [0.15, 0.2) is 42.5 Å². The maximum absolute atomic E-state index is 13.9. The zero-order valence-corrected chi connectivity index (χ0v) is 10.4. The van der Waals surface area contributed by atoms with Crippen LogP contribution < -0.4 is 4.74 Å². The fraction of sp³-hybridized carbons (Fsp3) is 0.133. The van der Waals surface area contributed by atoms with Crippen LogP contribution in [0.4, 0.5) is 4.39 Å². The highest BCUT2D eigenvalue weighted by atomic mass is 19.1. The van der Waals surface area contributed by atoms with Gasteiger partial charge in [0.25, 0.3) is 0 Å². The lowest BCUT2D eigenvalue weighted by Crippen LogP contribution is -2.00. The summed E-state index contributed by atoms with van der Waals surface area (Å²) < 4.78 is 24.1. The van der Waals surface area contributed by atoms with Gasteiger partial charge in [-0.25, -0.2) is 4.39 Å². The summed E-state index contributed by atoms with van der Waals surface area (Å²) in [6.45, 7) is 0.0754. The number of halogens is 1. The highest BCUT2D eigenvalue weighted by Crippen LogP contribution is 2.32. The molecule has 0 aromatic heterocycles. The second-order valence-electron chi connectivity index (χ2n) is 3.90. The Hall–Kier alpha value is -2.20. The van der Waals surface area contributed by atoms with Gasteiger partial charge in [0.1, 0.15) is 17.9 Å². The van der Waals surface area contributed by atoms with Crippen LogP contribution in [0.2, 0.25) is 0 Å². The van der Waals surface area contributed by atoms with E-state index in [4.69, 9.17) is 9.47 Å². The van der Waals surface area contributed by atoms with Gasteiger partial charge in [0.05, 0.1) is 0 Å². The molecule has 0 unspecified atom stereocenters. The third kappa shape index (κ3) is 2.98. The quantitative estimate of drug-likeness (QED) is 0.611. The number of aldehydes is 1. The Balaban J connectivity index is 2.48. The number of carbonyl (C=O) groups is 1. The number of rotatable bonds is 5. The normalized spacial score (nSPS) is 10.2. The van der Waals surface area contributed by atoms with Gasteiger partial charge in [-0.2, -0.15) is 0 Å². The summed E-state index contributed by atoms with van der Waals surface area (Å²) in [7, 11) is 1.51. The van der Waals surface area contributed by atoms with Crippen molar-refractivity contribution < 1.29 is 18.7 Å². The summed E-state index contributed by atoms with van der Waals surface area (Å²) in [4.78, 5) is 10.8. The number of para-hydroxylation sites is 1. The van der Waals surface area contributed by atoms with Crippen LogP contribution in [0.3, 0.4) is 0 Å². The van der Waals surface area contributed by atoms with E-state index in [2.05, 4.69) is 0 Å². The molecule has 0 N–H and O–H groups in total. The Morgan fingerprint density at radius 1 is 1.16 bits per heavy atom. The van der Waals surface area contributed by atoms with E-state index in [1.165, 1.54) is 25.3 Å². The molecule has 0 saturated heterocycles. The molecule has 0 fully saturated rings. The molecule has 2 rings (SSSR count). The maximum atomic E-state index is 13.9. The van der Waals surface area contributed by atoms with Crippen molar-refractivity contribution in [2.75, 3.05) is 13.9 Å². The van der Waals surface area contributed by atoms with Gasteiger partial charge in [-0.15, -0.1) is 0 Å². The first-order valence-electron chi connectivity index (χ1n) is 5.72.